The number of morpholine rings is 1. The molecule has 27 heavy (non-hydrogen) atoms. The number of amides is 1. The number of sulfonamides is 1. The molecule has 6 nitrogen and oxygen atoms in total. The van der Waals surface area contributed by atoms with Crippen molar-refractivity contribution < 1.29 is 17.9 Å². The summed E-state index contributed by atoms with van der Waals surface area (Å²) in [6.45, 7) is 7.11. The van der Waals surface area contributed by atoms with Crippen LogP contribution in [0.2, 0.25) is 0 Å². The van der Waals surface area contributed by atoms with Crippen molar-refractivity contribution in [1.82, 2.24) is 4.31 Å². The van der Waals surface area contributed by atoms with Gasteiger partial charge in [0, 0.05) is 24.3 Å². The van der Waals surface area contributed by atoms with E-state index in [9.17, 15) is 13.2 Å². The van der Waals surface area contributed by atoms with Gasteiger partial charge in [-0.1, -0.05) is 18.2 Å². The molecule has 1 N–H and O–H groups in total. The van der Waals surface area contributed by atoms with E-state index in [4.69, 9.17) is 4.74 Å². The van der Waals surface area contributed by atoms with Crippen molar-refractivity contribution in [2.24, 2.45) is 0 Å². The Bertz CT molecular complexity index is 964. The Morgan fingerprint density at radius 2 is 1.74 bits per heavy atom. The minimum absolute atomic E-state index is 0.126. The molecular weight excluding hydrogens is 364 g/mol. The second-order valence-corrected chi connectivity index (χ2v) is 8.63. The zero-order chi connectivity index (χ0) is 19.6. The summed E-state index contributed by atoms with van der Waals surface area (Å²) in [6.07, 6.45) is 0. The third-order valence-electron chi connectivity index (χ3n) is 4.91. The number of carbonyl (C=O) groups excluding carboxylic acids is 1. The molecule has 1 heterocycles. The van der Waals surface area contributed by atoms with E-state index >= 15 is 0 Å². The molecule has 0 spiro atoms. The molecule has 0 bridgehead atoms. The van der Waals surface area contributed by atoms with E-state index in [1.807, 2.05) is 32.0 Å². The number of carbonyl (C=O) groups is 1. The smallest absolute Gasteiger partial charge is 0.255 e. The van der Waals surface area contributed by atoms with Gasteiger partial charge >= 0.3 is 0 Å². The fourth-order valence-corrected chi connectivity index (χ4v) is 4.45. The molecule has 1 aliphatic rings. The summed E-state index contributed by atoms with van der Waals surface area (Å²) in [4.78, 5) is 12.9. The van der Waals surface area contributed by atoms with Gasteiger partial charge in [-0.15, -0.1) is 0 Å². The van der Waals surface area contributed by atoms with Crippen molar-refractivity contribution in [3.63, 3.8) is 0 Å². The SMILES string of the molecule is Cc1ccc(S(=O)(=O)N2CCOCC2)cc1C(=O)Nc1cccc(C)c1C. The maximum Gasteiger partial charge on any atom is 0.255 e. The lowest BCUT2D eigenvalue weighted by atomic mass is 10.1. The average Bonchev–Trinajstić information content (AvgIpc) is 2.66. The minimum atomic E-state index is -3.65. The quantitative estimate of drug-likeness (QED) is 0.874. The van der Waals surface area contributed by atoms with Crippen LogP contribution in [-0.2, 0) is 14.8 Å². The number of nitrogens with one attached hydrogen (secondary N) is 1. The zero-order valence-corrected chi connectivity index (χ0v) is 16.6. The first-order valence-corrected chi connectivity index (χ1v) is 10.3. The molecule has 0 aromatic heterocycles. The maximum absolute atomic E-state index is 12.9. The van der Waals surface area contributed by atoms with Crippen molar-refractivity contribution in [3.05, 3.63) is 58.7 Å². The molecule has 144 valence electrons. The third kappa shape index (κ3) is 4.05. The Labute approximate surface area is 160 Å². The van der Waals surface area contributed by atoms with Gasteiger partial charge < -0.3 is 10.1 Å². The molecule has 0 radical (unpaired) electrons. The largest absolute Gasteiger partial charge is 0.379 e. The average molecular weight is 388 g/mol. The number of aryl methyl sites for hydroxylation is 2. The normalized spacial score (nSPS) is 15.5. The van der Waals surface area contributed by atoms with Crippen LogP contribution in [0.25, 0.3) is 0 Å². The van der Waals surface area contributed by atoms with Crippen LogP contribution in [0.5, 0.6) is 0 Å². The van der Waals surface area contributed by atoms with Gasteiger partial charge in [-0.05, 0) is 55.7 Å². The summed E-state index contributed by atoms with van der Waals surface area (Å²) in [5.41, 5.74) is 3.86. The van der Waals surface area contributed by atoms with Crippen LogP contribution in [0.1, 0.15) is 27.0 Å². The second-order valence-electron chi connectivity index (χ2n) is 6.69. The van der Waals surface area contributed by atoms with Crippen molar-refractivity contribution in [2.75, 3.05) is 31.6 Å². The highest BCUT2D eigenvalue weighted by atomic mass is 32.2. The van der Waals surface area contributed by atoms with Gasteiger partial charge in [-0.25, -0.2) is 8.42 Å². The second kappa shape index (κ2) is 7.80. The van der Waals surface area contributed by atoms with Crippen LogP contribution >= 0.6 is 0 Å². The number of anilines is 1. The first kappa shape index (κ1) is 19.5. The number of ether oxygens (including phenoxy) is 1. The predicted molar refractivity (Wildman–Crippen MR) is 105 cm³/mol. The van der Waals surface area contributed by atoms with E-state index in [1.54, 1.807) is 19.1 Å². The van der Waals surface area contributed by atoms with Crippen molar-refractivity contribution >= 4 is 21.6 Å². The highest BCUT2D eigenvalue weighted by Gasteiger charge is 2.27. The third-order valence-corrected chi connectivity index (χ3v) is 6.81. The van der Waals surface area contributed by atoms with Crippen LogP contribution in [-0.4, -0.2) is 44.9 Å². The van der Waals surface area contributed by atoms with Gasteiger partial charge in [-0.2, -0.15) is 4.31 Å². The molecule has 1 fully saturated rings. The predicted octanol–water partition coefficient (Wildman–Crippen LogP) is 2.89. The number of hydrogen-bond acceptors (Lipinski definition) is 4. The molecule has 0 unspecified atom stereocenters. The number of hydrogen-bond donors (Lipinski definition) is 1. The van der Waals surface area contributed by atoms with Crippen molar-refractivity contribution in [3.8, 4) is 0 Å². The Morgan fingerprint density at radius 3 is 2.44 bits per heavy atom. The van der Waals surface area contributed by atoms with Crippen molar-refractivity contribution in [2.45, 2.75) is 25.7 Å². The molecule has 7 heteroatoms. The van der Waals surface area contributed by atoms with Gasteiger partial charge in [0.25, 0.3) is 5.91 Å². The minimum Gasteiger partial charge on any atom is -0.379 e. The van der Waals surface area contributed by atoms with Crippen LogP contribution in [0.3, 0.4) is 0 Å². The summed E-state index contributed by atoms with van der Waals surface area (Å²) in [5, 5.41) is 2.90. The fourth-order valence-electron chi connectivity index (χ4n) is 3.02. The highest BCUT2D eigenvalue weighted by Crippen LogP contribution is 2.23. The van der Waals surface area contributed by atoms with Gasteiger partial charge in [0.05, 0.1) is 18.1 Å². The molecule has 0 atom stereocenters. The first-order chi connectivity index (χ1) is 12.8. The summed E-state index contributed by atoms with van der Waals surface area (Å²) < 4.78 is 32.4. The van der Waals surface area contributed by atoms with Crippen LogP contribution < -0.4 is 5.32 Å². The van der Waals surface area contributed by atoms with E-state index in [2.05, 4.69) is 5.32 Å². The van der Waals surface area contributed by atoms with E-state index in [1.165, 1.54) is 10.4 Å². The molecule has 2 aromatic carbocycles. The molecule has 0 aliphatic carbocycles. The van der Waals surface area contributed by atoms with Crippen LogP contribution in [0, 0.1) is 20.8 Å². The van der Waals surface area contributed by atoms with E-state index in [0.29, 0.717) is 31.9 Å². The molecule has 2 aromatic rings. The number of rotatable bonds is 4. The van der Waals surface area contributed by atoms with Gasteiger partial charge in [0.1, 0.15) is 0 Å². The Hall–Kier alpha value is -2.22. The topological polar surface area (TPSA) is 75.7 Å². The molecule has 3 rings (SSSR count). The summed E-state index contributed by atoms with van der Waals surface area (Å²) in [5.74, 6) is -0.319. The zero-order valence-electron chi connectivity index (χ0n) is 15.8. The van der Waals surface area contributed by atoms with Gasteiger partial charge in [-0.3, -0.25) is 4.79 Å². The van der Waals surface area contributed by atoms with Gasteiger partial charge in [0.15, 0.2) is 0 Å². The molecule has 1 saturated heterocycles. The molecular formula is C20H24N2O4S. The maximum atomic E-state index is 12.9. The summed E-state index contributed by atoms with van der Waals surface area (Å²) in [7, 11) is -3.65. The van der Waals surface area contributed by atoms with Crippen LogP contribution in [0.15, 0.2) is 41.3 Å². The Morgan fingerprint density at radius 1 is 1.04 bits per heavy atom. The van der Waals surface area contributed by atoms with E-state index < -0.39 is 10.0 Å². The van der Waals surface area contributed by atoms with E-state index in [-0.39, 0.29) is 10.8 Å². The standard InChI is InChI=1S/C20H24N2O4S/c1-14-5-4-6-19(16(14)3)21-20(23)18-13-17(8-7-15(18)2)27(24,25)22-9-11-26-12-10-22/h4-8,13H,9-12H2,1-3H3,(H,21,23). The highest BCUT2D eigenvalue weighted by molar-refractivity contribution is 7.89. The number of benzene rings is 2. The molecule has 1 aliphatic heterocycles. The van der Waals surface area contributed by atoms with Crippen molar-refractivity contribution in [1.29, 1.82) is 0 Å². The number of nitrogens with zero attached hydrogens (tertiary/aromatic N) is 1. The summed E-state index contributed by atoms with van der Waals surface area (Å²) >= 11 is 0. The van der Waals surface area contributed by atoms with E-state index in [0.717, 1.165) is 22.4 Å². The lowest BCUT2D eigenvalue weighted by Crippen LogP contribution is -2.40. The molecule has 0 saturated carbocycles. The summed E-state index contributed by atoms with van der Waals surface area (Å²) in [6, 6.07) is 10.4. The first-order valence-electron chi connectivity index (χ1n) is 8.87. The Balaban J connectivity index is 1.91. The van der Waals surface area contributed by atoms with Gasteiger partial charge in [0.2, 0.25) is 10.0 Å². The monoisotopic (exact) mass is 388 g/mol. The molecule has 1 amide bonds. The van der Waals surface area contributed by atoms with Crippen LogP contribution in [0.4, 0.5) is 5.69 Å². The Kier molecular flexibility index (Phi) is 5.64. The fraction of sp³-hybridized carbons (Fsp3) is 0.350. The lowest BCUT2D eigenvalue weighted by molar-refractivity contribution is 0.0730. The lowest BCUT2D eigenvalue weighted by Gasteiger charge is -2.26.